The molecule has 0 aliphatic carbocycles. The minimum Gasteiger partial charge on any atom is -0.394 e. The van der Waals surface area contributed by atoms with E-state index >= 15 is 0 Å². The van der Waals surface area contributed by atoms with Crippen molar-refractivity contribution in [3.8, 4) is 0 Å². The molecular formula is C19H30N6O4. The molecule has 1 aliphatic rings. The number of aliphatic hydroxyl groups is 3. The summed E-state index contributed by atoms with van der Waals surface area (Å²) in [6.45, 7) is 4.36. The maximum absolute atomic E-state index is 10.5. The fraction of sp³-hybridized carbons (Fsp3) is 0.632. The molecule has 1 fully saturated rings. The number of allylic oxidation sites excluding steroid dienone is 1. The largest absolute Gasteiger partial charge is 0.394 e. The van der Waals surface area contributed by atoms with Crippen LogP contribution >= 0.6 is 0 Å². The fourth-order valence-electron chi connectivity index (χ4n) is 3.29. The highest BCUT2D eigenvalue weighted by Crippen LogP contribution is 2.35. The number of hydrogen-bond acceptors (Lipinski definition) is 9. The Morgan fingerprint density at radius 3 is 2.62 bits per heavy atom. The lowest BCUT2D eigenvalue weighted by Gasteiger charge is -2.19. The van der Waals surface area contributed by atoms with E-state index < -0.39 is 31.1 Å². The molecule has 1 aliphatic heterocycles. The summed E-state index contributed by atoms with van der Waals surface area (Å²) in [7, 11) is 0. The second-order valence-electron chi connectivity index (χ2n) is 7.14. The highest BCUT2D eigenvalue weighted by molar-refractivity contribution is 5.85. The first kappa shape index (κ1) is 21.4. The summed E-state index contributed by atoms with van der Waals surface area (Å²) in [4.78, 5) is 13.4. The minimum absolute atomic E-state index is 0.218. The average Bonchev–Trinajstić information content (AvgIpc) is 3.21. The number of nitrogens with zero attached hydrogens (tertiary/aromatic N) is 4. The first-order chi connectivity index (χ1) is 14.0. The minimum atomic E-state index is -1.26. The van der Waals surface area contributed by atoms with Crippen LogP contribution in [0, 0.1) is 0 Å². The van der Waals surface area contributed by atoms with Gasteiger partial charge in [-0.1, -0.05) is 32.8 Å². The van der Waals surface area contributed by atoms with E-state index in [9.17, 15) is 15.3 Å². The van der Waals surface area contributed by atoms with Gasteiger partial charge in [0.2, 0.25) is 5.95 Å². The molecule has 0 spiro atoms. The Bertz CT molecular complexity index is 855. The number of nitrogen functional groups attached to an aromatic ring is 1. The Kier molecular flexibility index (Phi) is 7.01. The molecule has 1 saturated heterocycles. The third kappa shape index (κ3) is 4.35. The van der Waals surface area contributed by atoms with E-state index in [2.05, 4.69) is 27.2 Å². The lowest BCUT2D eigenvalue weighted by Crippen LogP contribution is -2.33. The summed E-state index contributed by atoms with van der Waals surface area (Å²) in [5.41, 5.74) is 6.90. The number of hydrogen-bond donors (Lipinski definition) is 5. The first-order valence-corrected chi connectivity index (χ1v) is 10.1. The highest BCUT2D eigenvalue weighted by Gasteiger charge is 2.45. The van der Waals surface area contributed by atoms with Crippen molar-refractivity contribution in [2.45, 2.75) is 64.1 Å². The molecule has 4 atom stereocenters. The van der Waals surface area contributed by atoms with Gasteiger partial charge in [-0.25, -0.2) is 15.0 Å². The normalized spacial score (nSPS) is 24.7. The van der Waals surface area contributed by atoms with Crippen LogP contribution in [0.1, 0.15) is 51.6 Å². The van der Waals surface area contributed by atoms with Crippen molar-refractivity contribution >= 4 is 29.0 Å². The van der Waals surface area contributed by atoms with E-state index in [0.717, 1.165) is 25.7 Å². The summed E-state index contributed by atoms with van der Waals surface area (Å²) in [5.74, 6) is 1.06. The van der Waals surface area contributed by atoms with Crippen molar-refractivity contribution in [2.75, 3.05) is 24.2 Å². The van der Waals surface area contributed by atoms with Gasteiger partial charge in [0, 0.05) is 6.54 Å². The van der Waals surface area contributed by atoms with Crippen molar-refractivity contribution in [3.63, 3.8) is 0 Å². The lowest BCUT2D eigenvalue weighted by molar-refractivity contribution is -0.0501. The third-order valence-corrected chi connectivity index (χ3v) is 4.88. The van der Waals surface area contributed by atoms with Gasteiger partial charge < -0.3 is 31.1 Å². The Labute approximate surface area is 169 Å². The number of fused-ring (bicyclic) bond motifs is 1. The van der Waals surface area contributed by atoms with E-state index in [1.807, 2.05) is 13.0 Å². The van der Waals surface area contributed by atoms with Gasteiger partial charge in [-0.3, -0.25) is 4.57 Å². The Hall–Kier alpha value is -2.27. The molecule has 0 saturated carbocycles. The number of rotatable bonds is 9. The Morgan fingerprint density at radius 2 is 1.97 bits per heavy atom. The summed E-state index contributed by atoms with van der Waals surface area (Å²) in [6.07, 6.45) is 3.36. The number of nitrogens with two attached hydrogens (primary N) is 1. The standard InChI is InChI=1S/C19H30N6O4/c1-3-5-6-7-8-12-22-16(20)13-17(23-12)25(19(24-13)21-9-4-2)18-15(28)14(27)11(10-26)29-18/h7-8,11,14-15,18,26-28H,3-6,9-10H2,1-2H3,(H,21,24)(H2,20,22,23)/t11-,14-,15-,18-/m1/s1. The molecule has 160 valence electrons. The van der Waals surface area contributed by atoms with Crippen molar-refractivity contribution in [1.29, 1.82) is 0 Å². The summed E-state index contributed by atoms with van der Waals surface area (Å²) < 4.78 is 7.29. The maximum Gasteiger partial charge on any atom is 0.207 e. The highest BCUT2D eigenvalue weighted by atomic mass is 16.6. The number of aliphatic hydroxyl groups excluding tert-OH is 3. The average molecular weight is 406 g/mol. The molecule has 10 nitrogen and oxygen atoms in total. The molecule has 0 aromatic carbocycles. The number of ether oxygens (including phenoxy) is 1. The number of nitrogens with one attached hydrogen (secondary N) is 1. The van der Waals surface area contributed by atoms with Gasteiger partial charge in [0.05, 0.1) is 6.61 Å². The zero-order valence-corrected chi connectivity index (χ0v) is 16.8. The maximum atomic E-state index is 10.5. The molecular weight excluding hydrogens is 376 g/mol. The van der Waals surface area contributed by atoms with Crippen LogP contribution in [0.15, 0.2) is 6.08 Å². The van der Waals surface area contributed by atoms with E-state index in [4.69, 9.17) is 10.5 Å². The fourth-order valence-corrected chi connectivity index (χ4v) is 3.29. The van der Waals surface area contributed by atoms with Gasteiger partial charge in [0.15, 0.2) is 29.0 Å². The molecule has 0 amide bonds. The topological polar surface area (TPSA) is 152 Å². The molecule has 0 radical (unpaired) electrons. The van der Waals surface area contributed by atoms with Crippen LogP contribution in [0.25, 0.3) is 17.2 Å². The smallest absolute Gasteiger partial charge is 0.207 e. The second-order valence-corrected chi connectivity index (χ2v) is 7.14. The van der Waals surface area contributed by atoms with Crippen LogP contribution in [-0.2, 0) is 4.74 Å². The summed E-state index contributed by atoms with van der Waals surface area (Å²) in [6, 6.07) is 0. The van der Waals surface area contributed by atoms with Gasteiger partial charge in [-0.05, 0) is 18.9 Å². The SMILES string of the molecule is CCCCC=Cc1nc(N)c2nc(NCCC)n([C@@H]3O[C@H](CO)[C@@H](O)[C@H]3O)c2n1. The quantitative estimate of drug-likeness (QED) is 0.385. The molecule has 29 heavy (non-hydrogen) atoms. The van der Waals surface area contributed by atoms with Gasteiger partial charge in [-0.2, -0.15) is 0 Å². The van der Waals surface area contributed by atoms with Crippen LogP contribution in [0.3, 0.4) is 0 Å². The Balaban J connectivity index is 2.07. The van der Waals surface area contributed by atoms with Gasteiger partial charge in [0.25, 0.3) is 0 Å². The van der Waals surface area contributed by atoms with Crippen molar-refractivity contribution in [1.82, 2.24) is 19.5 Å². The zero-order chi connectivity index (χ0) is 21.0. The molecule has 3 rings (SSSR count). The first-order valence-electron chi connectivity index (χ1n) is 10.1. The van der Waals surface area contributed by atoms with Crippen molar-refractivity contribution in [3.05, 3.63) is 11.9 Å². The second kappa shape index (κ2) is 9.49. The molecule has 10 heteroatoms. The van der Waals surface area contributed by atoms with Crippen LogP contribution in [0.4, 0.5) is 11.8 Å². The van der Waals surface area contributed by atoms with E-state index in [1.54, 1.807) is 10.6 Å². The molecule has 0 unspecified atom stereocenters. The van der Waals surface area contributed by atoms with E-state index in [-0.39, 0.29) is 5.82 Å². The summed E-state index contributed by atoms with van der Waals surface area (Å²) in [5, 5.41) is 33.3. The zero-order valence-electron chi connectivity index (χ0n) is 16.8. The summed E-state index contributed by atoms with van der Waals surface area (Å²) >= 11 is 0. The molecule has 0 bridgehead atoms. The van der Waals surface area contributed by atoms with E-state index in [1.165, 1.54) is 0 Å². The van der Waals surface area contributed by atoms with E-state index in [0.29, 0.717) is 29.5 Å². The third-order valence-electron chi connectivity index (χ3n) is 4.88. The van der Waals surface area contributed by atoms with Crippen LogP contribution in [-0.4, -0.2) is 66.3 Å². The van der Waals surface area contributed by atoms with Crippen LogP contribution < -0.4 is 11.1 Å². The van der Waals surface area contributed by atoms with Gasteiger partial charge >= 0.3 is 0 Å². The molecule has 2 aromatic rings. The van der Waals surface area contributed by atoms with Crippen LogP contribution in [0.2, 0.25) is 0 Å². The number of anilines is 2. The van der Waals surface area contributed by atoms with Gasteiger partial charge in [-0.15, -0.1) is 0 Å². The monoisotopic (exact) mass is 406 g/mol. The number of unbranched alkanes of at least 4 members (excludes halogenated alkanes) is 2. The number of aromatic nitrogens is 4. The van der Waals surface area contributed by atoms with Crippen LogP contribution in [0.5, 0.6) is 0 Å². The number of imidazole rings is 1. The Morgan fingerprint density at radius 1 is 1.17 bits per heavy atom. The lowest BCUT2D eigenvalue weighted by atomic mass is 10.1. The van der Waals surface area contributed by atoms with Crippen molar-refractivity contribution < 1.29 is 20.1 Å². The predicted octanol–water partition coefficient (Wildman–Crippen LogP) is 1.05. The molecule has 3 heterocycles. The van der Waals surface area contributed by atoms with Crippen molar-refractivity contribution in [2.24, 2.45) is 0 Å². The van der Waals surface area contributed by atoms with Gasteiger partial charge in [0.1, 0.15) is 18.3 Å². The molecule has 6 N–H and O–H groups in total. The predicted molar refractivity (Wildman–Crippen MR) is 110 cm³/mol. The molecule has 2 aromatic heterocycles.